The monoisotopic (exact) mass is 575 g/mol. The summed E-state index contributed by atoms with van der Waals surface area (Å²) in [5.74, 6) is 0.116. The summed E-state index contributed by atoms with van der Waals surface area (Å²) in [5.41, 5.74) is 3.52. The molecule has 7 nitrogen and oxygen atoms in total. The van der Waals surface area contributed by atoms with Crippen molar-refractivity contribution < 1.29 is 17.9 Å². The zero-order valence-electron chi connectivity index (χ0n) is 17.6. The van der Waals surface area contributed by atoms with Gasteiger partial charge in [-0.05, 0) is 88.8 Å². The highest BCUT2D eigenvalue weighted by Gasteiger charge is 2.27. The largest absolute Gasteiger partial charge is 0.490 e. The lowest BCUT2D eigenvalue weighted by atomic mass is 10.2. The normalized spacial score (nSPS) is 11.2. The predicted molar refractivity (Wildman–Crippen MR) is 138 cm³/mol. The number of benzene rings is 3. The first-order valence-electron chi connectivity index (χ1n) is 9.89. The van der Waals surface area contributed by atoms with Gasteiger partial charge in [0.05, 0.1) is 16.8 Å². The number of ether oxygens (including phenoxy) is 1. The first-order chi connectivity index (χ1) is 15.9. The van der Waals surface area contributed by atoms with Crippen molar-refractivity contribution in [3.05, 3.63) is 101 Å². The molecule has 0 aliphatic carbocycles. The summed E-state index contributed by atoms with van der Waals surface area (Å²) in [5, 5.41) is 3.94. The van der Waals surface area contributed by atoms with Gasteiger partial charge in [-0.2, -0.15) is 5.10 Å². The maximum Gasteiger partial charge on any atom is 0.264 e. The number of carbonyl (C=O) groups is 1. The quantitative estimate of drug-likeness (QED) is 0.170. The van der Waals surface area contributed by atoms with Crippen molar-refractivity contribution in [2.24, 2.45) is 5.10 Å². The van der Waals surface area contributed by atoms with E-state index in [1.165, 1.54) is 18.3 Å². The van der Waals surface area contributed by atoms with E-state index < -0.39 is 22.5 Å². The van der Waals surface area contributed by atoms with Crippen LogP contribution in [0.3, 0.4) is 0 Å². The second kappa shape index (κ2) is 11.6. The lowest BCUT2D eigenvalue weighted by Gasteiger charge is -2.23. The number of halogens is 1. The standard InChI is InChI=1S/C24H22IN3O4S/c1-2-16-32-22-14-8-19(9-15-22)17-26-27-24(29)18-28(21-12-10-20(25)11-13-21)33(30,31)23-6-4-3-5-7-23/h2-15,17H,1,16,18H2,(H,27,29)/b26-17-. The van der Waals surface area contributed by atoms with Gasteiger partial charge in [-0.25, -0.2) is 13.8 Å². The van der Waals surface area contributed by atoms with Gasteiger partial charge in [-0.3, -0.25) is 9.10 Å². The molecule has 33 heavy (non-hydrogen) atoms. The van der Waals surface area contributed by atoms with E-state index in [1.54, 1.807) is 72.8 Å². The molecule has 1 amide bonds. The minimum absolute atomic E-state index is 0.0959. The van der Waals surface area contributed by atoms with Crippen LogP contribution < -0.4 is 14.5 Å². The van der Waals surface area contributed by atoms with Gasteiger partial charge in [-0.15, -0.1) is 0 Å². The molecule has 0 bridgehead atoms. The number of hydrazone groups is 1. The Balaban J connectivity index is 1.73. The maximum atomic E-state index is 13.2. The fraction of sp³-hybridized carbons (Fsp3) is 0.0833. The van der Waals surface area contributed by atoms with E-state index in [2.05, 4.69) is 39.7 Å². The van der Waals surface area contributed by atoms with Crippen molar-refractivity contribution in [3.63, 3.8) is 0 Å². The summed E-state index contributed by atoms with van der Waals surface area (Å²) in [6.07, 6.45) is 3.12. The average Bonchev–Trinajstić information content (AvgIpc) is 2.83. The lowest BCUT2D eigenvalue weighted by Crippen LogP contribution is -2.39. The number of anilines is 1. The number of hydrogen-bond acceptors (Lipinski definition) is 5. The molecule has 170 valence electrons. The van der Waals surface area contributed by atoms with Crippen molar-refractivity contribution in [2.75, 3.05) is 17.5 Å². The molecule has 0 atom stereocenters. The van der Waals surface area contributed by atoms with Gasteiger partial charge in [0.25, 0.3) is 15.9 Å². The highest BCUT2D eigenvalue weighted by atomic mass is 127. The zero-order valence-corrected chi connectivity index (χ0v) is 20.6. The zero-order chi connectivity index (χ0) is 23.7. The number of nitrogens with zero attached hydrogens (tertiary/aromatic N) is 2. The van der Waals surface area contributed by atoms with Crippen molar-refractivity contribution >= 4 is 50.4 Å². The number of nitrogens with one attached hydrogen (secondary N) is 1. The minimum atomic E-state index is -3.95. The molecule has 3 rings (SSSR count). The Labute approximate surface area is 207 Å². The Morgan fingerprint density at radius 1 is 1.03 bits per heavy atom. The van der Waals surface area contributed by atoms with Crippen LogP contribution in [0.15, 0.2) is 102 Å². The molecular formula is C24H22IN3O4S. The Kier molecular flexibility index (Phi) is 8.61. The van der Waals surface area contributed by atoms with E-state index in [0.717, 1.165) is 13.4 Å². The van der Waals surface area contributed by atoms with Gasteiger partial charge < -0.3 is 4.74 Å². The predicted octanol–water partition coefficient (Wildman–Crippen LogP) is 4.20. The first-order valence-corrected chi connectivity index (χ1v) is 12.4. The molecular weight excluding hydrogens is 553 g/mol. The van der Waals surface area contributed by atoms with Gasteiger partial charge in [0.1, 0.15) is 18.9 Å². The van der Waals surface area contributed by atoms with Gasteiger partial charge in [0.15, 0.2) is 0 Å². The van der Waals surface area contributed by atoms with Gasteiger partial charge in [0, 0.05) is 3.57 Å². The Morgan fingerprint density at radius 2 is 1.70 bits per heavy atom. The SMILES string of the molecule is C=CCOc1ccc(/C=N\NC(=O)CN(c2ccc(I)cc2)S(=O)(=O)c2ccccc2)cc1. The number of rotatable bonds is 10. The molecule has 0 aliphatic heterocycles. The average molecular weight is 575 g/mol. The summed E-state index contributed by atoms with van der Waals surface area (Å²) in [6, 6.07) is 22.0. The minimum Gasteiger partial charge on any atom is -0.490 e. The fourth-order valence-electron chi connectivity index (χ4n) is 2.79. The van der Waals surface area contributed by atoms with Crippen LogP contribution in [0.4, 0.5) is 5.69 Å². The third-order valence-electron chi connectivity index (χ3n) is 4.38. The van der Waals surface area contributed by atoms with E-state index in [-0.39, 0.29) is 4.90 Å². The summed E-state index contributed by atoms with van der Waals surface area (Å²) >= 11 is 2.13. The highest BCUT2D eigenvalue weighted by molar-refractivity contribution is 14.1. The molecule has 0 unspecified atom stereocenters. The van der Waals surface area contributed by atoms with E-state index in [0.29, 0.717) is 18.0 Å². The molecule has 0 saturated heterocycles. The highest BCUT2D eigenvalue weighted by Crippen LogP contribution is 2.24. The Hall–Kier alpha value is -3.18. The van der Waals surface area contributed by atoms with Crippen LogP contribution in [-0.2, 0) is 14.8 Å². The fourth-order valence-corrected chi connectivity index (χ4v) is 4.59. The van der Waals surface area contributed by atoms with Crippen LogP contribution in [0.2, 0.25) is 0 Å². The van der Waals surface area contributed by atoms with Crippen molar-refractivity contribution in [1.29, 1.82) is 0 Å². The molecule has 3 aromatic carbocycles. The second-order valence-corrected chi connectivity index (χ2v) is 9.87. The van der Waals surface area contributed by atoms with Gasteiger partial charge >= 0.3 is 0 Å². The van der Waals surface area contributed by atoms with E-state index in [4.69, 9.17) is 4.74 Å². The van der Waals surface area contributed by atoms with Crippen molar-refractivity contribution in [2.45, 2.75) is 4.90 Å². The summed E-state index contributed by atoms with van der Waals surface area (Å²) in [4.78, 5) is 12.7. The molecule has 1 N–H and O–H groups in total. The molecule has 0 aliphatic rings. The third kappa shape index (κ3) is 6.90. The van der Waals surface area contributed by atoms with Gasteiger partial charge in [0.2, 0.25) is 0 Å². The summed E-state index contributed by atoms with van der Waals surface area (Å²) in [6.45, 7) is 3.58. The number of hydrogen-bond donors (Lipinski definition) is 1. The Bertz CT molecular complexity index is 1210. The molecule has 0 radical (unpaired) electrons. The molecule has 3 aromatic rings. The summed E-state index contributed by atoms with van der Waals surface area (Å²) in [7, 11) is -3.95. The number of carbonyl (C=O) groups excluding carboxylic acids is 1. The smallest absolute Gasteiger partial charge is 0.264 e. The van der Waals surface area contributed by atoms with Crippen molar-refractivity contribution in [1.82, 2.24) is 5.43 Å². The molecule has 0 heterocycles. The van der Waals surface area contributed by atoms with Crippen LogP contribution in [-0.4, -0.2) is 33.7 Å². The third-order valence-corrected chi connectivity index (χ3v) is 6.89. The molecule has 0 spiro atoms. The lowest BCUT2D eigenvalue weighted by molar-refractivity contribution is -0.119. The molecule has 0 saturated carbocycles. The summed E-state index contributed by atoms with van der Waals surface area (Å²) < 4.78 is 33.9. The van der Waals surface area contributed by atoms with Crippen LogP contribution in [0, 0.1) is 3.57 Å². The van der Waals surface area contributed by atoms with Gasteiger partial charge in [-0.1, -0.05) is 30.9 Å². The maximum absolute atomic E-state index is 13.2. The number of amides is 1. The van der Waals surface area contributed by atoms with Crippen LogP contribution in [0.5, 0.6) is 5.75 Å². The van der Waals surface area contributed by atoms with Crippen LogP contribution >= 0.6 is 22.6 Å². The molecule has 9 heteroatoms. The van der Waals surface area contributed by atoms with Crippen LogP contribution in [0.25, 0.3) is 0 Å². The van der Waals surface area contributed by atoms with E-state index in [1.807, 2.05) is 0 Å². The number of sulfonamides is 1. The Morgan fingerprint density at radius 3 is 2.33 bits per heavy atom. The van der Waals surface area contributed by atoms with Crippen LogP contribution in [0.1, 0.15) is 5.56 Å². The van der Waals surface area contributed by atoms with E-state index in [9.17, 15) is 13.2 Å². The van der Waals surface area contributed by atoms with Crippen molar-refractivity contribution in [3.8, 4) is 5.75 Å². The van der Waals surface area contributed by atoms with E-state index >= 15 is 0 Å². The molecule has 0 aromatic heterocycles. The molecule has 0 fully saturated rings. The first kappa shape index (κ1) is 24.5. The topological polar surface area (TPSA) is 88.1 Å². The second-order valence-electron chi connectivity index (χ2n) is 6.76.